The topological polar surface area (TPSA) is 58.5 Å². The molecule has 0 spiro atoms. The van der Waals surface area contributed by atoms with Crippen molar-refractivity contribution in [3.05, 3.63) is 119 Å². The Morgan fingerprint density at radius 2 is 1.14 bits per heavy atom. The van der Waals surface area contributed by atoms with Crippen LogP contribution in [-0.4, -0.2) is 33.1 Å². The highest BCUT2D eigenvalue weighted by Gasteiger charge is 2.43. The van der Waals surface area contributed by atoms with Gasteiger partial charge < -0.3 is 9.84 Å². The third kappa shape index (κ3) is 6.57. The number of rotatable bonds is 7. The van der Waals surface area contributed by atoms with E-state index in [-0.39, 0.29) is 17.1 Å². The summed E-state index contributed by atoms with van der Waals surface area (Å²) in [5, 5.41) is 12.1. The summed E-state index contributed by atoms with van der Waals surface area (Å²) < 4.78 is 84.9. The molecule has 1 N–H and O–H groups in total. The average Bonchev–Trinajstić information content (AvgIpc) is 2.98. The zero-order valence-corrected chi connectivity index (χ0v) is 22.2. The van der Waals surface area contributed by atoms with Crippen LogP contribution in [-0.2, 0) is 24.5 Å². The lowest BCUT2D eigenvalue weighted by Gasteiger charge is -2.42. The van der Waals surface area contributed by atoms with E-state index >= 15 is 0 Å². The molecular formula is C31H27F6N3O2. The molecule has 0 saturated carbocycles. The van der Waals surface area contributed by atoms with E-state index in [4.69, 9.17) is 4.74 Å². The van der Waals surface area contributed by atoms with Gasteiger partial charge in [0.25, 0.3) is 0 Å². The third-order valence-electron chi connectivity index (χ3n) is 7.56. The lowest BCUT2D eigenvalue weighted by molar-refractivity contribution is -0.138. The summed E-state index contributed by atoms with van der Waals surface area (Å²) in [7, 11) is 0. The Hall–Kier alpha value is -3.96. The van der Waals surface area contributed by atoms with Crippen molar-refractivity contribution in [3.8, 4) is 11.8 Å². The van der Waals surface area contributed by atoms with E-state index in [1.165, 1.54) is 24.3 Å². The van der Waals surface area contributed by atoms with Crippen LogP contribution in [0.3, 0.4) is 0 Å². The van der Waals surface area contributed by atoms with Crippen molar-refractivity contribution >= 4 is 0 Å². The second kappa shape index (κ2) is 11.7. The largest absolute Gasteiger partial charge is 0.424 e. The van der Waals surface area contributed by atoms with Crippen molar-refractivity contribution in [2.75, 3.05) is 13.1 Å². The van der Waals surface area contributed by atoms with Gasteiger partial charge in [-0.05, 0) is 91.0 Å². The Kier molecular flexibility index (Phi) is 8.25. The van der Waals surface area contributed by atoms with Crippen molar-refractivity contribution in [3.63, 3.8) is 0 Å². The maximum Gasteiger partial charge on any atom is 0.416 e. The summed E-state index contributed by atoms with van der Waals surface area (Å²) in [6.07, 6.45) is -5.00. The number of aliphatic hydroxyl groups is 1. The molecule has 1 saturated heterocycles. The van der Waals surface area contributed by atoms with E-state index in [1.807, 2.05) is 24.3 Å². The van der Waals surface area contributed by atoms with Gasteiger partial charge in [-0.25, -0.2) is 9.97 Å². The molecule has 1 aromatic heterocycles. The molecule has 1 fully saturated rings. The molecule has 5 rings (SSSR count). The van der Waals surface area contributed by atoms with Crippen molar-refractivity contribution in [2.24, 2.45) is 5.92 Å². The minimum atomic E-state index is -4.56. The quantitative estimate of drug-likeness (QED) is 0.228. The summed E-state index contributed by atoms with van der Waals surface area (Å²) in [4.78, 5) is 10.2. The van der Waals surface area contributed by atoms with E-state index in [2.05, 4.69) is 14.9 Å². The fraction of sp³-hybridized carbons (Fsp3) is 0.290. The molecule has 1 aliphatic heterocycles. The van der Waals surface area contributed by atoms with Crippen molar-refractivity contribution in [1.29, 1.82) is 0 Å². The molecule has 2 heterocycles. The number of ether oxygens (including phenoxy) is 1. The number of likely N-dealkylation sites (tertiary alicyclic amines) is 1. The van der Waals surface area contributed by atoms with E-state index in [9.17, 15) is 31.4 Å². The smallest absolute Gasteiger partial charge is 0.416 e. The summed E-state index contributed by atoms with van der Waals surface area (Å²) in [5.41, 5.74) is -2.10. The average molecular weight is 588 g/mol. The molecule has 5 nitrogen and oxygen atoms in total. The second-order valence-electron chi connectivity index (χ2n) is 10.2. The number of piperidine rings is 1. The minimum absolute atomic E-state index is 0.201. The van der Waals surface area contributed by atoms with Crippen LogP contribution in [0.15, 0.2) is 91.3 Å². The predicted octanol–water partition coefficient (Wildman–Crippen LogP) is 7.45. The second-order valence-corrected chi connectivity index (χ2v) is 10.2. The first-order valence-corrected chi connectivity index (χ1v) is 13.3. The molecule has 0 bridgehead atoms. The lowest BCUT2D eigenvalue weighted by Crippen LogP contribution is -2.44. The number of hydrogen-bond acceptors (Lipinski definition) is 5. The van der Waals surface area contributed by atoms with Crippen LogP contribution in [0.4, 0.5) is 26.3 Å². The highest BCUT2D eigenvalue weighted by atomic mass is 19.4. The zero-order valence-electron chi connectivity index (χ0n) is 22.2. The number of aromatic nitrogens is 2. The Labute approximate surface area is 238 Å². The van der Waals surface area contributed by atoms with Crippen LogP contribution in [0, 0.1) is 5.92 Å². The maximum absolute atomic E-state index is 13.2. The minimum Gasteiger partial charge on any atom is -0.424 e. The first kappa shape index (κ1) is 29.5. The Morgan fingerprint density at radius 1 is 0.690 bits per heavy atom. The first-order chi connectivity index (χ1) is 19.9. The molecule has 3 aromatic carbocycles. The maximum atomic E-state index is 13.2. The van der Waals surface area contributed by atoms with Crippen LogP contribution in [0.2, 0.25) is 0 Å². The standard InChI is InChI=1S/C31H27F6N3O2/c32-30(33,34)25-8-4-22(5-9-25)29(41,23-6-10-26(11-7-23)31(35,36)37)24-14-18-40(19-15-24)20-21-2-12-27(13-3-21)42-28-38-16-1-17-39-28/h1-13,16-17,24,41H,14-15,18-20H2. The third-order valence-corrected chi connectivity index (χ3v) is 7.56. The fourth-order valence-corrected chi connectivity index (χ4v) is 5.34. The molecule has 0 atom stereocenters. The van der Waals surface area contributed by atoms with Gasteiger partial charge in [-0.1, -0.05) is 36.4 Å². The van der Waals surface area contributed by atoms with Gasteiger partial charge in [0.15, 0.2) is 0 Å². The van der Waals surface area contributed by atoms with Crippen LogP contribution in [0.5, 0.6) is 11.8 Å². The van der Waals surface area contributed by atoms with Gasteiger partial charge in [0.05, 0.1) is 11.1 Å². The molecule has 11 heteroatoms. The normalized spacial score (nSPS) is 15.5. The van der Waals surface area contributed by atoms with Crippen LogP contribution >= 0.6 is 0 Å². The predicted molar refractivity (Wildman–Crippen MR) is 142 cm³/mol. The SMILES string of the molecule is OC(c1ccc(C(F)(F)F)cc1)(c1ccc(C(F)(F)F)cc1)C1CCN(Cc2ccc(Oc3ncccn3)cc2)CC1. The molecule has 1 aliphatic rings. The van der Waals surface area contributed by atoms with Gasteiger partial charge in [0, 0.05) is 18.9 Å². The highest BCUT2D eigenvalue weighted by Crippen LogP contribution is 2.44. The first-order valence-electron chi connectivity index (χ1n) is 13.3. The Morgan fingerprint density at radius 3 is 1.60 bits per heavy atom. The number of hydrogen-bond donors (Lipinski definition) is 1. The zero-order chi connectivity index (χ0) is 30.0. The van der Waals surface area contributed by atoms with Crippen LogP contribution in [0.1, 0.15) is 40.7 Å². The molecule has 42 heavy (non-hydrogen) atoms. The van der Waals surface area contributed by atoms with E-state index < -0.39 is 35.0 Å². The summed E-state index contributed by atoms with van der Waals surface area (Å²) >= 11 is 0. The highest BCUT2D eigenvalue weighted by molar-refractivity contribution is 5.40. The number of halogens is 6. The summed E-state index contributed by atoms with van der Waals surface area (Å²) in [5.74, 6) is 0.144. The van der Waals surface area contributed by atoms with Gasteiger partial charge in [-0.3, -0.25) is 4.90 Å². The van der Waals surface area contributed by atoms with Gasteiger partial charge >= 0.3 is 18.4 Å². The van der Waals surface area contributed by atoms with E-state index in [1.54, 1.807) is 18.5 Å². The summed E-state index contributed by atoms with van der Waals surface area (Å²) in [6.45, 7) is 1.77. The molecule has 4 aromatic rings. The molecule has 0 aliphatic carbocycles. The number of nitrogens with zero attached hydrogens (tertiary/aromatic N) is 3. The number of benzene rings is 3. The number of alkyl halides is 6. The van der Waals surface area contributed by atoms with Crippen molar-refractivity contribution in [1.82, 2.24) is 14.9 Å². The van der Waals surface area contributed by atoms with Gasteiger partial charge in [-0.15, -0.1) is 0 Å². The molecule has 220 valence electrons. The summed E-state index contributed by atoms with van der Waals surface area (Å²) in [6, 6.07) is 17.8. The van der Waals surface area contributed by atoms with Crippen LogP contribution < -0.4 is 4.74 Å². The molecular weight excluding hydrogens is 560 g/mol. The Bertz CT molecular complexity index is 1390. The molecule has 0 unspecified atom stereocenters. The monoisotopic (exact) mass is 587 g/mol. The van der Waals surface area contributed by atoms with Gasteiger partial charge in [0.1, 0.15) is 11.4 Å². The fourth-order valence-electron chi connectivity index (χ4n) is 5.34. The van der Waals surface area contributed by atoms with E-state index in [0.717, 1.165) is 29.8 Å². The molecule has 0 radical (unpaired) electrons. The lowest BCUT2D eigenvalue weighted by atomic mass is 9.71. The van der Waals surface area contributed by atoms with Crippen molar-refractivity contribution in [2.45, 2.75) is 37.3 Å². The van der Waals surface area contributed by atoms with Gasteiger partial charge in [-0.2, -0.15) is 26.3 Å². The Balaban J connectivity index is 1.32. The van der Waals surface area contributed by atoms with Crippen LogP contribution in [0.25, 0.3) is 0 Å². The van der Waals surface area contributed by atoms with E-state index in [0.29, 0.717) is 38.2 Å². The van der Waals surface area contributed by atoms with Crippen molar-refractivity contribution < 1.29 is 36.2 Å². The van der Waals surface area contributed by atoms with Gasteiger partial charge in [0.2, 0.25) is 0 Å². The molecule has 0 amide bonds.